The lowest BCUT2D eigenvalue weighted by atomic mass is 10.1. The zero-order chi connectivity index (χ0) is 14.3. The van der Waals surface area contributed by atoms with Crippen molar-refractivity contribution in [2.45, 2.75) is 13.5 Å². The van der Waals surface area contributed by atoms with Gasteiger partial charge in [-0.05, 0) is 24.4 Å². The topological polar surface area (TPSA) is 65.8 Å². The number of aromatic nitrogens is 3. The normalized spacial score (nSPS) is 11.1. The Hall–Kier alpha value is -2.56. The van der Waals surface area contributed by atoms with E-state index in [1.165, 1.54) is 0 Å². The van der Waals surface area contributed by atoms with Crippen molar-refractivity contribution >= 4 is 16.6 Å². The molecule has 1 aromatic carbocycles. The molecule has 20 heavy (non-hydrogen) atoms. The van der Waals surface area contributed by atoms with Crippen LogP contribution < -0.4 is 11.3 Å². The first-order valence-corrected chi connectivity index (χ1v) is 6.43. The number of pyridine rings is 1. The van der Waals surface area contributed by atoms with Gasteiger partial charge in [-0.2, -0.15) is 5.10 Å². The van der Waals surface area contributed by atoms with Gasteiger partial charge in [-0.3, -0.25) is 14.0 Å². The van der Waals surface area contributed by atoms with Crippen molar-refractivity contribution in [2.75, 3.05) is 5.73 Å². The molecule has 0 atom stereocenters. The van der Waals surface area contributed by atoms with Crippen LogP contribution in [0.4, 0.5) is 5.82 Å². The molecule has 0 spiro atoms. The summed E-state index contributed by atoms with van der Waals surface area (Å²) < 4.78 is 3.33. The highest BCUT2D eigenvalue weighted by molar-refractivity contribution is 5.83. The minimum absolute atomic E-state index is 0.0659. The summed E-state index contributed by atoms with van der Waals surface area (Å²) in [6.07, 6.45) is 1.91. The maximum Gasteiger partial charge on any atom is 0.260 e. The summed E-state index contributed by atoms with van der Waals surface area (Å²) in [5.41, 5.74) is 7.87. The molecule has 0 aliphatic rings. The van der Waals surface area contributed by atoms with Crippen molar-refractivity contribution < 1.29 is 0 Å². The number of hydrogen-bond donors (Lipinski definition) is 1. The van der Waals surface area contributed by atoms with Crippen LogP contribution in [0.2, 0.25) is 0 Å². The molecule has 0 aliphatic carbocycles. The quantitative estimate of drug-likeness (QED) is 0.769. The van der Waals surface area contributed by atoms with Crippen LogP contribution in [-0.2, 0) is 13.6 Å². The zero-order valence-corrected chi connectivity index (χ0v) is 11.5. The molecular weight excluding hydrogens is 252 g/mol. The predicted molar refractivity (Wildman–Crippen MR) is 79.7 cm³/mol. The van der Waals surface area contributed by atoms with Crippen LogP contribution in [0.3, 0.4) is 0 Å². The third-order valence-corrected chi connectivity index (χ3v) is 3.49. The number of benzene rings is 1. The van der Waals surface area contributed by atoms with Gasteiger partial charge in [0.05, 0.1) is 12.2 Å². The molecule has 0 saturated heterocycles. The van der Waals surface area contributed by atoms with E-state index in [9.17, 15) is 4.79 Å². The first-order chi connectivity index (χ1) is 9.56. The van der Waals surface area contributed by atoms with Crippen LogP contribution >= 0.6 is 0 Å². The highest BCUT2D eigenvalue weighted by Crippen LogP contribution is 2.15. The van der Waals surface area contributed by atoms with E-state index in [-0.39, 0.29) is 5.56 Å². The highest BCUT2D eigenvalue weighted by Gasteiger charge is 2.10. The Morgan fingerprint density at radius 3 is 2.75 bits per heavy atom. The van der Waals surface area contributed by atoms with E-state index in [1.54, 1.807) is 9.25 Å². The minimum Gasteiger partial charge on any atom is -0.385 e. The number of rotatable bonds is 2. The van der Waals surface area contributed by atoms with E-state index in [2.05, 4.69) is 5.10 Å². The summed E-state index contributed by atoms with van der Waals surface area (Å²) in [5.74, 6) is 0.469. The summed E-state index contributed by atoms with van der Waals surface area (Å²) in [6.45, 7) is 2.37. The number of nitrogens with two attached hydrogens (primary N) is 1. The number of nitrogen functional groups attached to an aromatic ring is 1. The molecule has 0 radical (unpaired) electrons. The van der Waals surface area contributed by atoms with Crippen molar-refractivity contribution in [2.24, 2.45) is 7.05 Å². The Balaban J connectivity index is 2.16. The number of nitrogens with zero attached hydrogens (tertiary/aromatic N) is 3. The van der Waals surface area contributed by atoms with E-state index in [1.807, 2.05) is 50.5 Å². The molecule has 0 amide bonds. The Kier molecular flexibility index (Phi) is 2.82. The maximum atomic E-state index is 12.5. The van der Waals surface area contributed by atoms with Gasteiger partial charge >= 0.3 is 0 Å². The first kappa shape index (κ1) is 12.5. The summed E-state index contributed by atoms with van der Waals surface area (Å²) in [7, 11) is 1.86. The van der Waals surface area contributed by atoms with Gasteiger partial charge in [0.2, 0.25) is 0 Å². The van der Waals surface area contributed by atoms with Crippen LogP contribution in [0, 0.1) is 6.92 Å². The summed E-state index contributed by atoms with van der Waals surface area (Å²) in [6, 6.07) is 9.31. The number of anilines is 1. The Labute approximate surface area is 116 Å². The standard InChI is InChI=1S/C15H16N4O/c1-10-12(8-18(2)17-10)9-19-14(16)7-11-5-3-4-6-13(11)15(19)20/h3-8H,9,16H2,1-2H3. The molecule has 5 nitrogen and oxygen atoms in total. The third-order valence-electron chi connectivity index (χ3n) is 3.49. The van der Waals surface area contributed by atoms with Crippen molar-refractivity contribution in [3.63, 3.8) is 0 Å². The highest BCUT2D eigenvalue weighted by atomic mass is 16.1. The summed E-state index contributed by atoms with van der Waals surface area (Å²) >= 11 is 0. The minimum atomic E-state index is -0.0659. The molecule has 2 N–H and O–H groups in total. The first-order valence-electron chi connectivity index (χ1n) is 6.43. The molecule has 5 heteroatoms. The van der Waals surface area contributed by atoms with Crippen LogP contribution in [0.15, 0.2) is 41.3 Å². The molecule has 2 heterocycles. The lowest BCUT2D eigenvalue weighted by Crippen LogP contribution is -2.23. The SMILES string of the molecule is Cc1nn(C)cc1Cn1c(N)cc2ccccc2c1=O. The monoisotopic (exact) mass is 268 g/mol. The van der Waals surface area contributed by atoms with Gasteiger partial charge in [0.15, 0.2) is 0 Å². The fourth-order valence-corrected chi connectivity index (χ4v) is 2.45. The summed E-state index contributed by atoms with van der Waals surface area (Å²) in [5, 5.41) is 5.84. The molecule has 3 aromatic rings. The smallest absolute Gasteiger partial charge is 0.260 e. The fraction of sp³-hybridized carbons (Fsp3) is 0.200. The number of aryl methyl sites for hydroxylation is 2. The third kappa shape index (κ3) is 1.97. The molecule has 0 unspecified atom stereocenters. The zero-order valence-electron chi connectivity index (χ0n) is 11.5. The predicted octanol–water partition coefficient (Wildman–Crippen LogP) is 1.67. The van der Waals surface area contributed by atoms with Gasteiger partial charge in [-0.1, -0.05) is 18.2 Å². The van der Waals surface area contributed by atoms with Gasteiger partial charge in [-0.25, -0.2) is 0 Å². The fourth-order valence-electron chi connectivity index (χ4n) is 2.45. The van der Waals surface area contributed by atoms with Crippen LogP contribution in [-0.4, -0.2) is 14.3 Å². The van der Waals surface area contributed by atoms with E-state index >= 15 is 0 Å². The molecule has 2 aromatic heterocycles. The second kappa shape index (κ2) is 4.52. The van der Waals surface area contributed by atoms with E-state index in [0.29, 0.717) is 17.7 Å². The van der Waals surface area contributed by atoms with Gasteiger partial charge in [0.25, 0.3) is 5.56 Å². The van der Waals surface area contributed by atoms with Crippen LogP contribution in [0.1, 0.15) is 11.3 Å². The van der Waals surface area contributed by atoms with Crippen molar-refractivity contribution in [3.05, 3.63) is 58.1 Å². The van der Waals surface area contributed by atoms with E-state index in [4.69, 9.17) is 5.73 Å². The molecule has 0 bridgehead atoms. The Bertz CT molecular complexity index is 845. The Morgan fingerprint density at radius 2 is 2.05 bits per heavy atom. The maximum absolute atomic E-state index is 12.5. The van der Waals surface area contributed by atoms with Gasteiger partial charge in [0.1, 0.15) is 5.82 Å². The second-order valence-corrected chi connectivity index (χ2v) is 4.96. The van der Waals surface area contributed by atoms with E-state index < -0.39 is 0 Å². The van der Waals surface area contributed by atoms with Crippen LogP contribution in [0.25, 0.3) is 10.8 Å². The Morgan fingerprint density at radius 1 is 1.30 bits per heavy atom. The van der Waals surface area contributed by atoms with Gasteiger partial charge in [0, 0.05) is 24.2 Å². The lowest BCUT2D eigenvalue weighted by molar-refractivity contribution is 0.754. The number of hydrogen-bond acceptors (Lipinski definition) is 3. The largest absolute Gasteiger partial charge is 0.385 e. The average Bonchev–Trinajstić information content (AvgIpc) is 2.73. The average molecular weight is 268 g/mol. The van der Waals surface area contributed by atoms with E-state index in [0.717, 1.165) is 16.6 Å². The van der Waals surface area contributed by atoms with Gasteiger partial charge in [-0.15, -0.1) is 0 Å². The summed E-state index contributed by atoms with van der Waals surface area (Å²) in [4.78, 5) is 12.5. The molecule has 0 saturated carbocycles. The number of fused-ring (bicyclic) bond motifs is 1. The lowest BCUT2D eigenvalue weighted by Gasteiger charge is -2.10. The molecule has 0 aliphatic heterocycles. The molecule has 102 valence electrons. The molecule has 0 fully saturated rings. The van der Waals surface area contributed by atoms with Crippen molar-refractivity contribution in [3.8, 4) is 0 Å². The van der Waals surface area contributed by atoms with Crippen LogP contribution in [0.5, 0.6) is 0 Å². The van der Waals surface area contributed by atoms with Crippen molar-refractivity contribution in [1.82, 2.24) is 14.3 Å². The van der Waals surface area contributed by atoms with Crippen molar-refractivity contribution in [1.29, 1.82) is 0 Å². The second-order valence-electron chi connectivity index (χ2n) is 4.96. The molecular formula is C15H16N4O. The molecule has 3 rings (SSSR count). The van der Waals surface area contributed by atoms with Gasteiger partial charge < -0.3 is 5.73 Å².